The summed E-state index contributed by atoms with van der Waals surface area (Å²) in [4.78, 5) is 4.81. The first-order chi connectivity index (χ1) is 15.1. The molecule has 1 aromatic carbocycles. The molecule has 0 unspecified atom stereocenters. The van der Waals surface area contributed by atoms with E-state index in [1.807, 2.05) is 32.9 Å². The number of H-pyrrole nitrogens is 1. The maximum absolute atomic E-state index is 14.1. The fraction of sp³-hybridized carbons (Fsp3) is 0.542. The van der Waals surface area contributed by atoms with E-state index in [1.54, 1.807) is 15.2 Å². The van der Waals surface area contributed by atoms with E-state index < -0.39 is 11.9 Å². The number of alkyl halides is 3. The molecule has 0 radical (unpaired) electrons. The Morgan fingerprint density at radius 1 is 1.16 bits per heavy atom. The van der Waals surface area contributed by atoms with Gasteiger partial charge in [0.15, 0.2) is 0 Å². The van der Waals surface area contributed by atoms with Gasteiger partial charge in [-0.25, -0.2) is 4.98 Å². The van der Waals surface area contributed by atoms with Gasteiger partial charge < -0.3 is 0 Å². The van der Waals surface area contributed by atoms with Crippen LogP contribution < -0.4 is 4.40 Å². The number of benzene rings is 1. The molecule has 1 aliphatic rings. The lowest BCUT2D eigenvalue weighted by atomic mass is 10.1. The third-order valence-corrected chi connectivity index (χ3v) is 6.58. The summed E-state index contributed by atoms with van der Waals surface area (Å²) in [5, 5.41) is 0.376. The third-order valence-electron chi connectivity index (χ3n) is 6.31. The molecule has 2 heterocycles. The number of hydrogen-bond acceptors (Lipinski definition) is 1. The van der Waals surface area contributed by atoms with Gasteiger partial charge in [0.1, 0.15) is 17.6 Å². The highest BCUT2D eigenvalue weighted by Gasteiger charge is 2.43. The quantitative estimate of drug-likeness (QED) is 0.395. The lowest BCUT2D eigenvalue weighted by Gasteiger charge is -2.21. The lowest BCUT2D eigenvalue weighted by molar-refractivity contribution is -0.520. The first-order valence-corrected chi connectivity index (χ1v) is 11.7. The lowest BCUT2D eigenvalue weighted by Crippen LogP contribution is -2.33. The molecule has 1 fully saturated rings. The SMILES string of the molecule is CCCN(CCC1CC1)Cc1c(C(F)(F)F)[nH]c2n(-c3c(C)cc(C)cc3C)c(Cl)c[n+]12. The molecular weight excluding hydrogens is 437 g/mol. The zero-order valence-corrected chi connectivity index (χ0v) is 19.9. The number of aryl methyl sites for hydroxylation is 3. The van der Waals surface area contributed by atoms with Gasteiger partial charge in [0.2, 0.25) is 10.8 Å². The van der Waals surface area contributed by atoms with Crippen LogP contribution in [-0.2, 0) is 12.7 Å². The fourth-order valence-corrected chi connectivity index (χ4v) is 5.02. The van der Waals surface area contributed by atoms with Crippen LogP contribution in [0.5, 0.6) is 0 Å². The van der Waals surface area contributed by atoms with Crippen molar-refractivity contribution >= 4 is 17.4 Å². The summed E-state index contributed by atoms with van der Waals surface area (Å²) >= 11 is 6.60. The first kappa shape index (κ1) is 23.2. The van der Waals surface area contributed by atoms with Crippen molar-refractivity contribution in [3.63, 3.8) is 0 Å². The van der Waals surface area contributed by atoms with E-state index in [4.69, 9.17) is 11.6 Å². The van der Waals surface area contributed by atoms with Crippen molar-refractivity contribution in [3.05, 3.63) is 51.6 Å². The van der Waals surface area contributed by atoms with Crippen LogP contribution in [0.2, 0.25) is 5.15 Å². The molecule has 32 heavy (non-hydrogen) atoms. The second-order valence-corrected chi connectivity index (χ2v) is 9.57. The number of fused-ring (bicyclic) bond motifs is 1. The van der Waals surface area contributed by atoms with E-state index in [2.05, 4.69) is 16.8 Å². The van der Waals surface area contributed by atoms with Crippen molar-refractivity contribution in [2.75, 3.05) is 13.1 Å². The smallest absolute Gasteiger partial charge is 0.296 e. The highest BCUT2D eigenvalue weighted by molar-refractivity contribution is 6.29. The number of aromatic nitrogens is 3. The Kier molecular flexibility index (Phi) is 6.34. The van der Waals surface area contributed by atoms with E-state index >= 15 is 0 Å². The zero-order chi connectivity index (χ0) is 23.2. The van der Waals surface area contributed by atoms with Gasteiger partial charge in [-0.3, -0.25) is 4.90 Å². The predicted molar refractivity (Wildman–Crippen MR) is 120 cm³/mol. The zero-order valence-electron chi connectivity index (χ0n) is 19.1. The van der Waals surface area contributed by atoms with Gasteiger partial charge in [-0.15, -0.1) is 0 Å². The molecule has 4 rings (SSSR count). The minimum atomic E-state index is -4.48. The topological polar surface area (TPSA) is 28.1 Å². The van der Waals surface area contributed by atoms with E-state index in [-0.39, 0.29) is 12.2 Å². The maximum Gasteiger partial charge on any atom is 0.449 e. The summed E-state index contributed by atoms with van der Waals surface area (Å²) in [6, 6.07) is 4.04. The molecule has 0 spiro atoms. The van der Waals surface area contributed by atoms with Crippen molar-refractivity contribution in [3.8, 4) is 5.69 Å². The van der Waals surface area contributed by atoms with Gasteiger partial charge in [0.05, 0.1) is 6.54 Å². The summed E-state index contributed by atoms with van der Waals surface area (Å²) in [6.45, 7) is 9.78. The molecule has 0 atom stereocenters. The monoisotopic (exact) mass is 467 g/mol. The Hall–Kier alpha value is -1.99. The molecule has 0 bridgehead atoms. The number of rotatable bonds is 8. The van der Waals surface area contributed by atoms with Gasteiger partial charge >= 0.3 is 12.0 Å². The summed E-state index contributed by atoms with van der Waals surface area (Å²) in [5.74, 6) is 1.06. The number of halogens is 4. The highest BCUT2D eigenvalue weighted by Crippen LogP contribution is 2.35. The van der Waals surface area contributed by atoms with Crippen molar-refractivity contribution < 1.29 is 17.6 Å². The Morgan fingerprint density at radius 3 is 2.38 bits per heavy atom. The number of aromatic amines is 1. The van der Waals surface area contributed by atoms with Crippen LogP contribution in [0.25, 0.3) is 11.5 Å². The van der Waals surface area contributed by atoms with Crippen molar-refractivity contribution in [1.82, 2.24) is 14.5 Å². The van der Waals surface area contributed by atoms with Crippen LogP contribution in [0.1, 0.15) is 60.7 Å². The Balaban J connectivity index is 1.83. The van der Waals surface area contributed by atoms with Crippen LogP contribution in [0, 0.1) is 26.7 Å². The van der Waals surface area contributed by atoms with Gasteiger partial charge in [0, 0.05) is 0 Å². The summed E-state index contributed by atoms with van der Waals surface area (Å²) in [7, 11) is 0. The Morgan fingerprint density at radius 2 is 1.81 bits per heavy atom. The summed E-state index contributed by atoms with van der Waals surface area (Å²) in [6.07, 6.45) is 1.54. The van der Waals surface area contributed by atoms with Gasteiger partial charge in [-0.2, -0.15) is 22.1 Å². The summed E-state index contributed by atoms with van der Waals surface area (Å²) in [5.41, 5.74) is 3.34. The van der Waals surface area contributed by atoms with Crippen LogP contribution >= 0.6 is 11.6 Å². The molecule has 2 aromatic heterocycles. The molecule has 8 heteroatoms. The second kappa shape index (κ2) is 8.75. The Bertz CT molecular complexity index is 1100. The van der Waals surface area contributed by atoms with Crippen molar-refractivity contribution in [1.29, 1.82) is 0 Å². The number of hydrogen-bond donors (Lipinski definition) is 1. The molecule has 3 aromatic rings. The standard InChI is InChI=1S/C24H30ClF3N4/c1-5-9-30(10-8-18-6-7-18)13-19-22(24(26,27)28)29-23-31(19)14-20(25)32(23)21-16(3)11-15(2)12-17(21)4/h11-12,14,18H,5-10,13H2,1-4H3/p+1. The normalized spacial score (nSPS) is 14.8. The number of imidazole rings is 2. The van der Waals surface area contributed by atoms with Crippen LogP contribution in [-0.4, -0.2) is 27.5 Å². The third kappa shape index (κ3) is 4.55. The first-order valence-electron chi connectivity index (χ1n) is 11.3. The minimum absolute atomic E-state index is 0.208. The number of nitrogens with zero attached hydrogens (tertiary/aromatic N) is 3. The highest BCUT2D eigenvalue weighted by atomic mass is 35.5. The van der Waals surface area contributed by atoms with Gasteiger partial charge in [-0.05, 0) is 75.3 Å². The predicted octanol–water partition coefficient (Wildman–Crippen LogP) is 6.15. The van der Waals surface area contributed by atoms with E-state index in [9.17, 15) is 13.2 Å². The molecular formula is C24H31ClF3N4+. The van der Waals surface area contributed by atoms with E-state index in [0.29, 0.717) is 10.9 Å². The second-order valence-electron chi connectivity index (χ2n) is 9.18. The van der Waals surface area contributed by atoms with Crippen molar-refractivity contribution in [2.24, 2.45) is 5.92 Å². The Labute approximate surface area is 192 Å². The van der Waals surface area contributed by atoms with Crippen molar-refractivity contribution in [2.45, 2.75) is 66.1 Å². The molecule has 1 aliphatic carbocycles. The maximum atomic E-state index is 14.1. The van der Waals surface area contributed by atoms with E-state index in [0.717, 1.165) is 54.2 Å². The molecule has 0 amide bonds. The molecule has 4 nitrogen and oxygen atoms in total. The molecule has 0 aliphatic heterocycles. The minimum Gasteiger partial charge on any atom is -0.296 e. The molecule has 174 valence electrons. The average molecular weight is 468 g/mol. The fourth-order valence-electron chi connectivity index (χ4n) is 4.76. The van der Waals surface area contributed by atoms with Crippen LogP contribution in [0.15, 0.2) is 18.3 Å². The molecule has 0 saturated heterocycles. The molecule has 1 N–H and O–H groups in total. The van der Waals surface area contributed by atoms with Gasteiger partial charge in [-0.1, -0.05) is 37.5 Å². The van der Waals surface area contributed by atoms with Crippen LogP contribution in [0.3, 0.4) is 0 Å². The summed E-state index contributed by atoms with van der Waals surface area (Å²) < 4.78 is 45.5. The van der Waals surface area contributed by atoms with Crippen LogP contribution in [0.4, 0.5) is 13.2 Å². The number of nitrogens with one attached hydrogen (secondary N) is 1. The largest absolute Gasteiger partial charge is 0.449 e. The van der Waals surface area contributed by atoms with E-state index in [1.165, 1.54) is 12.8 Å². The van der Waals surface area contributed by atoms with Gasteiger partial charge in [0.25, 0.3) is 0 Å². The molecule has 1 saturated carbocycles. The average Bonchev–Trinajstić information content (AvgIpc) is 3.37.